The fourth-order valence-electron chi connectivity index (χ4n) is 2.36. The molecule has 0 bridgehead atoms. The number of likely N-dealkylation sites (N-methyl/N-ethyl adjacent to an activating group) is 1. The van der Waals surface area contributed by atoms with Gasteiger partial charge in [0.05, 0.1) is 4.34 Å². The largest absolute Gasteiger partial charge is 0.314 e. The Labute approximate surface area is 131 Å². The van der Waals surface area contributed by atoms with Gasteiger partial charge in [0.1, 0.15) is 0 Å². The van der Waals surface area contributed by atoms with Crippen LogP contribution in [0.5, 0.6) is 0 Å². The van der Waals surface area contributed by atoms with E-state index in [1.807, 2.05) is 6.07 Å². The summed E-state index contributed by atoms with van der Waals surface area (Å²) in [6.07, 6.45) is 3.35. The number of thiophene rings is 1. The van der Waals surface area contributed by atoms with Gasteiger partial charge >= 0.3 is 0 Å². The molecule has 0 spiro atoms. The number of nitrogens with one attached hydrogen (secondary N) is 1. The summed E-state index contributed by atoms with van der Waals surface area (Å²) < 4.78 is 0.883. The van der Waals surface area contributed by atoms with Crippen molar-refractivity contribution in [3.05, 3.63) is 56.7 Å². The van der Waals surface area contributed by atoms with Crippen molar-refractivity contribution in [1.82, 2.24) is 5.32 Å². The molecule has 0 aliphatic rings. The van der Waals surface area contributed by atoms with Crippen molar-refractivity contribution in [2.45, 2.75) is 39.2 Å². The Morgan fingerprint density at radius 3 is 2.50 bits per heavy atom. The zero-order chi connectivity index (χ0) is 14.4. The third-order valence-electron chi connectivity index (χ3n) is 3.47. The van der Waals surface area contributed by atoms with Crippen molar-refractivity contribution in [3.63, 3.8) is 0 Å². The Kier molecular flexibility index (Phi) is 6.08. The number of hydrogen-bond donors (Lipinski definition) is 1. The van der Waals surface area contributed by atoms with Crippen LogP contribution in [0.3, 0.4) is 0 Å². The second kappa shape index (κ2) is 7.82. The van der Waals surface area contributed by atoms with Crippen LogP contribution < -0.4 is 5.32 Å². The molecule has 2 rings (SSSR count). The molecule has 0 amide bonds. The van der Waals surface area contributed by atoms with Crippen LogP contribution in [0.25, 0.3) is 0 Å². The van der Waals surface area contributed by atoms with Crippen LogP contribution in [0.2, 0.25) is 4.34 Å². The molecule has 1 heterocycles. The summed E-state index contributed by atoms with van der Waals surface area (Å²) in [5.74, 6) is 0. The maximum Gasteiger partial charge on any atom is 0.0931 e. The third-order valence-corrected chi connectivity index (χ3v) is 4.72. The fourth-order valence-corrected chi connectivity index (χ4v) is 3.53. The lowest BCUT2D eigenvalue weighted by Crippen LogP contribution is -2.31. The first-order chi connectivity index (χ1) is 9.67. The van der Waals surface area contributed by atoms with Gasteiger partial charge in [0.25, 0.3) is 0 Å². The lowest BCUT2D eigenvalue weighted by Gasteiger charge is -2.17. The van der Waals surface area contributed by atoms with E-state index in [0.29, 0.717) is 6.04 Å². The molecule has 1 aromatic heterocycles. The molecule has 1 atom stereocenters. The number of halogens is 1. The van der Waals surface area contributed by atoms with E-state index < -0.39 is 0 Å². The molecule has 108 valence electrons. The first-order valence-electron chi connectivity index (χ1n) is 7.20. The van der Waals surface area contributed by atoms with Gasteiger partial charge in [-0.05, 0) is 50.4 Å². The van der Waals surface area contributed by atoms with Gasteiger partial charge in [-0.3, -0.25) is 0 Å². The fraction of sp³-hybridized carbons (Fsp3) is 0.412. The van der Waals surface area contributed by atoms with Crippen molar-refractivity contribution >= 4 is 22.9 Å². The van der Waals surface area contributed by atoms with Crippen molar-refractivity contribution in [2.24, 2.45) is 0 Å². The van der Waals surface area contributed by atoms with Gasteiger partial charge in [-0.2, -0.15) is 0 Å². The van der Waals surface area contributed by atoms with E-state index in [1.54, 1.807) is 11.3 Å². The molecule has 1 N–H and O–H groups in total. The topological polar surface area (TPSA) is 12.0 Å². The minimum atomic E-state index is 0.524. The minimum absolute atomic E-state index is 0.524. The molecule has 1 aromatic carbocycles. The zero-order valence-corrected chi connectivity index (χ0v) is 13.7. The lowest BCUT2D eigenvalue weighted by molar-refractivity contribution is 0.494. The minimum Gasteiger partial charge on any atom is -0.314 e. The number of rotatable bonds is 7. The Hall–Kier alpha value is -0.830. The molecule has 3 heteroatoms. The second-order valence-electron chi connectivity index (χ2n) is 5.19. The molecular formula is C17H22ClNS. The monoisotopic (exact) mass is 307 g/mol. The summed E-state index contributed by atoms with van der Waals surface area (Å²) in [7, 11) is 0. The van der Waals surface area contributed by atoms with Crippen molar-refractivity contribution in [2.75, 3.05) is 6.54 Å². The maximum atomic E-state index is 6.01. The lowest BCUT2D eigenvalue weighted by atomic mass is 10.0. The van der Waals surface area contributed by atoms with E-state index in [9.17, 15) is 0 Å². The first kappa shape index (κ1) is 15.6. The Morgan fingerprint density at radius 1 is 1.15 bits per heavy atom. The maximum absolute atomic E-state index is 6.01. The predicted octanol–water partition coefficient (Wildman–Crippen LogP) is 4.86. The Bertz CT molecular complexity index is 518. The van der Waals surface area contributed by atoms with Gasteiger partial charge < -0.3 is 5.32 Å². The highest BCUT2D eigenvalue weighted by Crippen LogP contribution is 2.23. The van der Waals surface area contributed by atoms with Crippen LogP contribution >= 0.6 is 22.9 Å². The quantitative estimate of drug-likeness (QED) is 0.770. The highest BCUT2D eigenvalue weighted by Gasteiger charge is 2.10. The van der Waals surface area contributed by atoms with E-state index in [1.165, 1.54) is 16.0 Å². The van der Waals surface area contributed by atoms with Crippen molar-refractivity contribution in [1.29, 1.82) is 0 Å². The zero-order valence-electron chi connectivity index (χ0n) is 12.2. The van der Waals surface area contributed by atoms with Crippen LogP contribution in [0.15, 0.2) is 36.4 Å². The molecule has 20 heavy (non-hydrogen) atoms. The number of aryl methyl sites for hydroxylation is 2. The van der Waals surface area contributed by atoms with Gasteiger partial charge in [-0.15, -0.1) is 11.3 Å². The predicted molar refractivity (Wildman–Crippen MR) is 90.0 cm³/mol. The number of hydrogen-bond acceptors (Lipinski definition) is 2. The van der Waals surface area contributed by atoms with Gasteiger partial charge in [0.15, 0.2) is 0 Å². The molecule has 0 fully saturated rings. The summed E-state index contributed by atoms with van der Waals surface area (Å²) in [5, 5.41) is 3.59. The summed E-state index contributed by atoms with van der Waals surface area (Å²) in [6, 6.07) is 13.5. The number of benzene rings is 1. The molecule has 2 aromatic rings. The molecule has 1 nitrogen and oxygen atoms in total. The summed E-state index contributed by atoms with van der Waals surface area (Å²) in [6.45, 7) is 5.31. The van der Waals surface area contributed by atoms with Gasteiger partial charge in [0.2, 0.25) is 0 Å². The van der Waals surface area contributed by atoms with Crippen LogP contribution in [-0.4, -0.2) is 12.6 Å². The van der Waals surface area contributed by atoms with E-state index in [-0.39, 0.29) is 0 Å². The first-order valence-corrected chi connectivity index (χ1v) is 8.40. The molecule has 1 unspecified atom stereocenters. The van der Waals surface area contributed by atoms with Crippen LogP contribution in [-0.2, 0) is 12.8 Å². The Morgan fingerprint density at radius 2 is 1.90 bits per heavy atom. The standard InChI is InChI=1S/C17H22ClNS/c1-3-19-15(12-16-10-11-17(18)20-16)9-8-14-6-4-13(2)5-7-14/h4-7,10-11,15,19H,3,8-9,12H2,1-2H3. The molecule has 0 saturated heterocycles. The second-order valence-corrected chi connectivity index (χ2v) is 6.99. The smallest absolute Gasteiger partial charge is 0.0931 e. The summed E-state index contributed by atoms with van der Waals surface area (Å²) >= 11 is 7.70. The SMILES string of the molecule is CCNC(CCc1ccc(C)cc1)Cc1ccc(Cl)s1. The molecular weight excluding hydrogens is 286 g/mol. The highest BCUT2D eigenvalue weighted by atomic mass is 35.5. The van der Waals surface area contributed by atoms with E-state index in [4.69, 9.17) is 11.6 Å². The molecule has 0 aliphatic carbocycles. The van der Waals surface area contributed by atoms with Crippen LogP contribution in [0.4, 0.5) is 0 Å². The average Bonchev–Trinajstić information content (AvgIpc) is 2.83. The summed E-state index contributed by atoms with van der Waals surface area (Å²) in [5.41, 5.74) is 2.74. The normalized spacial score (nSPS) is 12.6. The molecule has 0 aliphatic heterocycles. The van der Waals surface area contributed by atoms with Gasteiger partial charge in [0, 0.05) is 10.9 Å². The third kappa shape index (κ3) is 4.93. The molecule has 0 radical (unpaired) electrons. The van der Waals surface area contributed by atoms with E-state index in [2.05, 4.69) is 49.5 Å². The average molecular weight is 308 g/mol. The van der Waals surface area contributed by atoms with Crippen LogP contribution in [0.1, 0.15) is 29.3 Å². The molecule has 0 saturated carbocycles. The van der Waals surface area contributed by atoms with E-state index >= 15 is 0 Å². The highest BCUT2D eigenvalue weighted by molar-refractivity contribution is 7.16. The van der Waals surface area contributed by atoms with Crippen molar-refractivity contribution in [3.8, 4) is 0 Å². The summed E-state index contributed by atoms with van der Waals surface area (Å²) in [4.78, 5) is 1.37. The Balaban J connectivity index is 1.90. The van der Waals surface area contributed by atoms with Gasteiger partial charge in [-0.1, -0.05) is 48.4 Å². The van der Waals surface area contributed by atoms with Gasteiger partial charge in [-0.25, -0.2) is 0 Å². The van der Waals surface area contributed by atoms with Crippen LogP contribution in [0, 0.1) is 6.92 Å². The van der Waals surface area contributed by atoms with Crippen molar-refractivity contribution < 1.29 is 0 Å². The van der Waals surface area contributed by atoms with E-state index in [0.717, 1.165) is 30.1 Å².